The molecule has 0 atom stereocenters. The molecule has 0 unspecified atom stereocenters. The van der Waals surface area contributed by atoms with Gasteiger partial charge in [-0.2, -0.15) is 4.57 Å². The lowest BCUT2D eigenvalue weighted by atomic mass is 10.0. The molecule has 0 amide bonds. The normalized spacial score (nSPS) is 11.5. The molecule has 0 spiro atoms. The second-order valence-corrected chi connectivity index (χ2v) is 14.5. The molecule has 1 aromatic rings. The summed E-state index contributed by atoms with van der Waals surface area (Å²) in [4.78, 5) is 0. The van der Waals surface area contributed by atoms with E-state index in [1.807, 2.05) is 0 Å². The number of pyridine rings is 1. The fourth-order valence-corrected chi connectivity index (χ4v) is 7.68. The zero-order valence-corrected chi connectivity index (χ0v) is 27.9. The summed E-state index contributed by atoms with van der Waals surface area (Å²) in [6.07, 6.45) is 32.7. The van der Waals surface area contributed by atoms with Crippen LogP contribution in [0.5, 0.6) is 0 Å². The number of aromatic nitrogens is 1. The van der Waals surface area contributed by atoms with E-state index in [1.165, 1.54) is 170 Å². The Morgan fingerprint density at radius 3 is 1.42 bits per heavy atom. The third-order valence-corrected chi connectivity index (χ3v) is 10.4. The van der Waals surface area contributed by atoms with Crippen LogP contribution < -0.4 is 4.57 Å². The average molecular weight is 565 g/mol. The monoisotopic (exact) mass is 564 g/mol. The summed E-state index contributed by atoms with van der Waals surface area (Å²) in [5.41, 5.74) is 4.43. The van der Waals surface area contributed by atoms with Crippen molar-refractivity contribution in [2.24, 2.45) is 0 Å². The summed E-state index contributed by atoms with van der Waals surface area (Å²) in [5, 5.41) is 0. The second-order valence-electron chi connectivity index (χ2n) is 11.8. The van der Waals surface area contributed by atoms with Gasteiger partial charge < -0.3 is 0 Å². The summed E-state index contributed by atoms with van der Waals surface area (Å²) in [6.45, 7) is 10.3. The first-order valence-electron chi connectivity index (χ1n) is 16.9. The minimum atomic E-state index is 1.16. The van der Waals surface area contributed by atoms with Gasteiger partial charge in [0.15, 0.2) is 17.9 Å². The molecule has 0 aliphatic carbocycles. The second kappa shape index (κ2) is 27.0. The summed E-state index contributed by atoms with van der Waals surface area (Å²) in [5.74, 6) is 2.55. The molecule has 0 aliphatic rings. The van der Waals surface area contributed by atoms with E-state index >= 15 is 0 Å². The molecule has 0 fully saturated rings. The predicted molar refractivity (Wildman–Crippen MR) is 178 cm³/mol. The maximum Gasteiger partial charge on any atom is 0.181 e. The Morgan fingerprint density at radius 2 is 0.921 bits per heavy atom. The van der Waals surface area contributed by atoms with Gasteiger partial charge in [0.1, 0.15) is 0 Å². The Morgan fingerprint density at radius 1 is 0.500 bits per heavy atom. The Balaban J connectivity index is 2.09. The smallest absolute Gasteiger partial charge is 0.181 e. The van der Waals surface area contributed by atoms with Crippen LogP contribution in [0.25, 0.3) is 0 Å². The van der Waals surface area contributed by atoms with Gasteiger partial charge in [0.2, 0.25) is 0 Å². The predicted octanol–water partition coefficient (Wildman–Crippen LogP) is 12.1. The Kier molecular flexibility index (Phi) is 25.5. The highest BCUT2D eigenvalue weighted by Crippen LogP contribution is 2.23. The van der Waals surface area contributed by atoms with Gasteiger partial charge in [-0.25, -0.2) is 0 Å². The highest BCUT2D eigenvalue weighted by molar-refractivity contribution is 8.76. The molecular formula is C35H66NS2+. The molecular weight excluding hydrogens is 499 g/mol. The zero-order valence-electron chi connectivity index (χ0n) is 26.3. The summed E-state index contributed by atoms with van der Waals surface area (Å²) in [6, 6.07) is 4.82. The van der Waals surface area contributed by atoms with Crippen LogP contribution in [0.3, 0.4) is 0 Å². The lowest BCUT2D eigenvalue weighted by Gasteiger charge is -2.09. The van der Waals surface area contributed by atoms with Crippen molar-refractivity contribution in [2.75, 3.05) is 11.5 Å². The molecule has 3 heteroatoms. The number of hydrogen-bond acceptors (Lipinski definition) is 2. The van der Waals surface area contributed by atoms with Crippen molar-refractivity contribution >= 4 is 21.6 Å². The third kappa shape index (κ3) is 20.7. The number of hydrogen-bond donors (Lipinski definition) is 0. The van der Waals surface area contributed by atoms with E-state index in [0.717, 1.165) is 6.54 Å². The number of aryl methyl sites for hydroxylation is 3. The van der Waals surface area contributed by atoms with Crippen molar-refractivity contribution in [3.8, 4) is 0 Å². The topological polar surface area (TPSA) is 3.88 Å². The van der Waals surface area contributed by atoms with Gasteiger partial charge in [-0.3, -0.25) is 0 Å². The number of rotatable bonds is 28. The molecule has 0 aromatic carbocycles. The zero-order chi connectivity index (χ0) is 27.5. The molecule has 0 saturated carbocycles. The highest BCUT2D eigenvalue weighted by Gasteiger charge is 2.15. The maximum absolute atomic E-state index is 2.61. The van der Waals surface area contributed by atoms with E-state index in [0.29, 0.717) is 0 Å². The van der Waals surface area contributed by atoms with Crippen LogP contribution in [0.2, 0.25) is 0 Å². The van der Waals surface area contributed by atoms with E-state index in [2.05, 4.69) is 66.0 Å². The van der Waals surface area contributed by atoms with Crippen LogP contribution in [0.4, 0.5) is 0 Å². The lowest BCUT2D eigenvalue weighted by molar-refractivity contribution is -0.705. The van der Waals surface area contributed by atoms with E-state index in [4.69, 9.17) is 0 Å². The number of nitrogens with zero attached hydrogens (tertiary/aromatic N) is 1. The van der Waals surface area contributed by atoms with Gasteiger partial charge >= 0.3 is 0 Å². The molecule has 1 heterocycles. The van der Waals surface area contributed by atoms with Gasteiger partial charge in [0.05, 0.1) is 5.75 Å². The van der Waals surface area contributed by atoms with Crippen LogP contribution >= 0.6 is 21.6 Å². The largest absolute Gasteiger partial charge is 0.199 e. The van der Waals surface area contributed by atoms with Crippen molar-refractivity contribution in [2.45, 2.75) is 182 Å². The molecule has 38 heavy (non-hydrogen) atoms. The van der Waals surface area contributed by atoms with E-state index in [9.17, 15) is 0 Å². The van der Waals surface area contributed by atoms with Crippen LogP contribution in [0.1, 0.15) is 172 Å². The van der Waals surface area contributed by atoms with Gasteiger partial charge in [0, 0.05) is 31.2 Å². The minimum Gasteiger partial charge on any atom is -0.199 e. The summed E-state index contributed by atoms with van der Waals surface area (Å²) in [7, 11) is 4.20. The van der Waals surface area contributed by atoms with Crippen LogP contribution in [-0.2, 0) is 13.0 Å². The van der Waals surface area contributed by atoms with Crippen molar-refractivity contribution in [3.63, 3.8) is 0 Å². The Labute approximate surface area is 247 Å². The van der Waals surface area contributed by atoms with Crippen molar-refractivity contribution in [1.29, 1.82) is 0 Å². The maximum atomic E-state index is 2.61. The van der Waals surface area contributed by atoms with Crippen molar-refractivity contribution in [3.05, 3.63) is 29.1 Å². The molecule has 0 saturated heterocycles. The summed E-state index contributed by atoms with van der Waals surface area (Å²) >= 11 is 0. The average Bonchev–Trinajstić information content (AvgIpc) is 2.90. The van der Waals surface area contributed by atoms with E-state index < -0.39 is 0 Å². The molecule has 1 rings (SSSR count). The highest BCUT2D eigenvalue weighted by atomic mass is 33.1. The van der Waals surface area contributed by atoms with Gasteiger partial charge in [0.25, 0.3) is 0 Å². The molecule has 0 N–H and O–H groups in total. The Bertz CT molecular complexity index is 645. The summed E-state index contributed by atoms with van der Waals surface area (Å²) < 4.78 is 2.61. The van der Waals surface area contributed by atoms with Crippen LogP contribution in [-0.4, -0.2) is 11.5 Å². The third-order valence-electron chi connectivity index (χ3n) is 7.95. The van der Waals surface area contributed by atoms with Crippen molar-refractivity contribution in [1.82, 2.24) is 0 Å². The van der Waals surface area contributed by atoms with E-state index in [1.54, 1.807) is 5.69 Å². The van der Waals surface area contributed by atoms with Crippen LogP contribution in [0, 0.1) is 13.8 Å². The Hall–Kier alpha value is -0.150. The molecule has 222 valence electrons. The van der Waals surface area contributed by atoms with E-state index in [-0.39, 0.29) is 0 Å². The lowest BCUT2D eigenvalue weighted by Crippen LogP contribution is -2.42. The number of unbranched alkanes of at least 4 members (excludes halogenated alkanes) is 20. The fraction of sp³-hybridized carbons (Fsp3) is 0.857. The first-order valence-corrected chi connectivity index (χ1v) is 19.4. The standard InChI is InChI=1S/C35H66NS2/c1-5-7-9-11-13-15-17-18-19-21-23-25-27-35-32-33(3)31-34(4)36(35)28-30-38-37-29-26-24-22-20-16-14-12-10-8-6-2/h31-32H,5-30H2,1-4H3/q+1. The van der Waals surface area contributed by atoms with Crippen LogP contribution in [0.15, 0.2) is 12.1 Å². The fourth-order valence-electron chi connectivity index (χ4n) is 5.59. The van der Waals surface area contributed by atoms with Gasteiger partial charge in [-0.15, -0.1) is 0 Å². The molecule has 1 nitrogen and oxygen atoms in total. The minimum absolute atomic E-state index is 1.16. The van der Waals surface area contributed by atoms with Gasteiger partial charge in [-0.05, 0) is 25.3 Å². The SMILES string of the molecule is CCCCCCCCCCCCCCc1cc(C)cc(C)[n+]1CCSSCCCCCCCCCCCC. The van der Waals surface area contributed by atoms with Gasteiger partial charge in [-0.1, -0.05) is 164 Å². The molecule has 0 radical (unpaired) electrons. The van der Waals surface area contributed by atoms with Crippen molar-refractivity contribution < 1.29 is 4.57 Å². The molecule has 0 aliphatic heterocycles. The molecule has 0 bridgehead atoms. The first kappa shape index (κ1) is 35.9. The molecule has 1 aromatic heterocycles. The quantitative estimate of drug-likeness (QED) is 0.0566. The first-order chi connectivity index (χ1) is 18.7.